The lowest BCUT2D eigenvalue weighted by molar-refractivity contribution is 0.355. The van der Waals surface area contributed by atoms with Gasteiger partial charge in [0.15, 0.2) is 0 Å². The molecule has 23 heavy (non-hydrogen) atoms. The lowest BCUT2D eigenvalue weighted by atomic mass is 10.2. The fourth-order valence-corrected chi connectivity index (χ4v) is 3.74. The minimum Gasteiger partial charge on any atom is -0.460 e. The smallest absolute Gasteiger partial charge is 0.282 e. The van der Waals surface area contributed by atoms with Crippen LogP contribution in [-0.2, 0) is 16.8 Å². The molecule has 0 amide bonds. The molecular formula is C16H21ClN2O3S. The van der Waals surface area contributed by atoms with Crippen molar-refractivity contribution in [3.8, 4) is 11.3 Å². The van der Waals surface area contributed by atoms with E-state index in [1.54, 1.807) is 25.2 Å². The summed E-state index contributed by atoms with van der Waals surface area (Å²) in [6.45, 7) is 4.71. The van der Waals surface area contributed by atoms with Crippen LogP contribution in [0.2, 0.25) is 5.02 Å². The second-order valence-corrected chi connectivity index (χ2v) is 7.59. The van der Waals surface area contributed by atoms with E-state index in [1.807, 2.05) is 32.0 Å². The zero-order valence-electron chi connectivity index (χ0n) is 13.5. The summed E-state index contributed by atoms with van der Waals surface area (Å²) in [6.07, 6.45) is 0. The van der Waals surface area contributed by atoms with E-state index in [4.69, 9.17) is 16.0 Å². The molecule has 0 N–H and O–H groups in total. The van der Waals surface area contributed by atoms with Crippen molar-refractivity contribution in [1.29, 1.82) is 0 Å². The number of hydrogen-bond donors (Lipinski definition) is 0. The van der Waals surface area contributed by atoms with Crippen LogP contribution in [0.1, 0.15) is 19.6 Å². The van der Waals surface area contributed by atoms with Crippen molar-refractivity contribution >= 4 is 21.8 Å². The first kappa shape index (κ1) is 18.0. The van der Waals surface area contributed by atoms with Crippen molar-refractivity contribution in [3.05, 3.63) is 47.2 Å². The van der Waals surface area contributed by atoms with Gasteiger partial charge >= 0.3 is 0 Å². The Hall–Kier alpha value is -1.34. The van der Waals surface area contributed by atoms with Crippen LogP contribution in [0.3, 0.4) is 0 Å². The van der Waals surface area contributed by atoms with Crippen LogP contribution >= 0.6 is 11.6 Å². The fraction of sp³-hybridized carbons (Fsp3) is 0.375. The molecule has 0 bridgehead atoms. The molecule has 0 spiro atoms. The Morgan fingerprint density at radius 1 is 1.04 bits per heavy atom. The topological polar surface area (TPSA) is 53.8 Å². The summed E-state index contributed by atoms with van der Waals surface area (Å²) in [5, 5.41) is 0.658. The molecular weight excluding hydrogens is 336 g/mol. The van der Waals surface area contributed by atoms with Gasteiger partial charge in [0.05, 0.1) is 6.54 Å². The van der Waals surface area contributed by atoms with E-state index in [0.717, 1.165) is 5.56 Å². The minimum atomic E-state index is -3.47. The number of halogens is 1. The van der Waals surface area contributed by atoms with Crippen LogP contribution < -0.4 is 0 Å². The summed E-state index contributed by atoms with van der Waals surface area (Å²) >= 11 is 5.87. The molecule has 0 saturated carbocycles. The molecule has 0 atom stereocenters. The molecule has 0 aliphatic carbocycles. The van der Waals surface area contributed by atoms with Crippen LogP contribution in [0.4, 0.5) is 0 Å². The number of hydrogen-bond acceptors (Lipinski definition) is 3. The standard InChI is InChI=1S/C16H21ClN2O3S/c1-4-19(5-2)23(20,21)18(3)12-15-10-11-16(22-15)13-6-8-14(17)9-7-13/h6-11H,4-5,12H2,1-3H3. The third kappa shape index (κ3) is 4.14. The molecule has 0 aliphatic heterocycles. The quantitative estimate of drug-likeness (QED) is 0.761. The highest BCUT2D eigenvalue weighted by molar-refractivity contribution is 7.86. The third-order valence-corrected chi connectivity index (χ3v) is 5.93. The van der Waals surface area contributed by atoms with Crippen molar-refractivity contribution in [2.45, 2.75) is 20.4 Å². The van der Waals surface area contributed by atoms with Gasteiger partial charge in [-0.3, -0.25) is 0 Å². The summed E-state index contributed by atoms with van der Waals surface area (Å²) in [5.74, 6) is 1.28. The van der Waals surface area contributed by atoms with E-state index < -0.39 is 10.2 Å². The molecule has 2 aromatic rings. The van der Waals surface area contributed by atoms with Gasteiger partial charge in [-0.05, 0) is 36.4 Å². The van der Waals surface area contributed by atoms with Crippen molar-refractivity contribution in [2.75, 3.05) is 20.1 Å². The van der Waals surface area contributed by atoms with E-state index in [-0.39, 0.29) is 6.54 Å². The Bertz CT molecular complexity index is 737. The van der Waals surface area contributed by atoms with Crippen molar-refractivity contribution in [3.63, 3.8) is 0 Å². The van der Waals surface area contributed by atoms with E-state index in [0.29, 0.717) is 29.6 Å². The maximum absolute atomic E-state index is 12.4. The van der Waals surface area contributed by atoms with Gasteiger partial charge < -0.3 is 4.42 Å². The molecule has 0 unspecified atom stereocenters. The van der Waals surface area contributed by atoms with Gasteiger partial charge in [0, 0.05) is 30.7 Å². The highest BCUT2D eigenvalue weighted by Gasteiger charge is 2.25. The molecule has 7 heteroatoms. The van der Waals surface area contributed by atoms with Crippen LogP contribution in [0.25, 0.3) is 11.3 Å². The molecule has 1 aromatic carbocycles. The zero-order chi connectivity index (χ0) is 17.0. The summed E-state index contributed by atoms with van der Waals surface area (Å²) in [4.78, 5) is 0. The third-order valence-electron chi connectivity index (χ3n) is 3.59. The monoisotopic (exact) mass is 356 g/mol. The first-order chi connectivity index (χ1) is 10.9. The first-order valence-corrected chi connectivity index (χ1v) is 9.22. The molecule has 0 aliphatic rings. The van der Waals surface area contributed by atoms with E-state index in [1.165, 1.54) is 8.61 Å². The van der Waals surface area contributed by atoms with E-state index in [9.17, 15) is 8.42 Å². The largest absolute Gasteiger partial charge is 0.460 e. The molecule has 0 fully saturated rings. The number of benzene rings is 1. The van der Waals surface area contributed by atoms with E-state index >= 15 is 0 Å². The van der Waals surface area contributed by atoms with Crippen molar-refractivity contribution in [1.82, 2.24) is 8.61 Å². The lowest BCUT2D eigenvalue weighted by Gasteiger charge is -2.24. The minimum absolute atomic E-state index is 0.187. The zero-order valence-corrected chi connectivity index (χ0v) is 15.1. The van der Waals surface area contributed by atoms with Gasteiger partial charge in [-0.2, -0.15) is 17.0 Å². The molecule has 0 radical (unpaired) electrons. The maximum Gasteiger partial charge on any atom is 0.282 e. The van der Waals surface area contributed by atoms with Gasteiger partial charge in [-0.15, -0.1) is 0 Å². The number of furan rings is 1. The second kappa shape index (κ2) is 7.49. The molecule has 126 valence electrons. The Balaban J connectivity index is 2.14. The van der Waals surface area contributed by atoms with Crippen LogP contribution in [0, 0.1) is 0 Å². The highest BCUT2D eigenvalue weighted by atomic mass is 35.5. The highest BCUT2D eigenvalue weighted by Crippen LogP contribution is 2.24. The van der Waals surface area contributed by atoms with Crippen molar-refractivity contribution < 1.29 is 12.8 Å². The summed E-state index contributed by atoms with van der Waals surface area (Å²) in [6, 6.07) is 10.9. The Kier molecular flexibility index (Phi) is 5.86. The lowest BCUT2D eigenvalue weighted by Crippen LogP contribution is -2.41. The SMILES string of the molecule is CCN(CC)S(=O)(=O)N(C)Cc1ccc(-c2ccc(Cl)cc2)o1. The average molecular weight is 357 g/mol. The summed E-state index contributed by atoms with van der Waals surface area (Å²) < 4.78 is 33.3. The summed E-state index contributed by atoms with van der Waals surface area (Å²) in [5.41, 5.74) is 0.898. The second-order valence-electron chi connectivity index (χ2n) is 5.12. The predicted molar refractivity (Wildman–Crippen MR) is 92.5 cm³/mol. The van der Waals surface area contributed by atoms with Crippen LogP contribution in [-0.4, -0.2) is 37.2 Å². The fourth-order valence-electron chi connectivity index (χ4n) is 2.28. The molecule has 1 aromatic heterocycles. The Morgan fingerprint density at radius 2 is 1.65 bits per heavy atom. The molecule has 1 heterocycles. The van der Waals surface area contributed by atoms with Gasteiger partial charge in [-0.1, -0.05) is 25.4 Å². The number of rotatable bonds is 7. The average Bonchev–Trinajstić information content (AvgIpc) is 2.97. The van der Waals surface area contributed by atoms with Crippen molar-refractivity contribution in [2.24, 2.45) is 0 Å². The maximum atomic E-state index is 12.4. The summed E-state index contributed by atoms with van der Waals surface area (Å²) in [7, 11) is -1.92. The van der Waals surface area contributed by atoms with Gasteiger partial charge in [-0.25, -0.2) is 0 Å². The Labute approximate surface area is 142 Å². The van der Waals surface area contributed by atoms with Gasteiger partial charge in [0.25, 0.3) is 10.2 Å². The number of nitrogens with zero attached hydrogens (tertiary/aromatic N) is 2. The van der Waals surface area contributed by atoms with E-state index in [2.05, 4.69) is 0 Å². The normalized spacial score (nSPS) is 12.3. The predicted octanol–water partition coefficient (Wildman–Crippen LogP) is 3.62. The first-order valence-electron chi connectivity index (χ1n) is 7.44. The Morgan fingerprint density at radius 3 is 2.22 bits per heavy atom. The van der Waals surface area contributed by atoms with Crippen LogP contribution in [0.15, 0.2) is 40.8 Å². The molecule has 2 rings (SSSR count). The molecule has 0 saturated heterocycles. The van der Waals surface area contributed by atoms with Gasteiger partial charge in [0.1, 0.15) is 11.5 Å². The van der Waals surface area contributed by atoms with Gasteiger partial charge in [0.2, 0.25) is 0 Å². The van der Waals surface area contributed by atoms with Crippen LogP contribution in [0.5, 0.6) is 0 Å². The molecule has 5 nitrogen and oxygen atoms in total.